The van der Waals surface area contributed by atoms with E-state index in [9.17, 15) is 0 Å². The number of rotatable bonds is 1. The zero-order valence-electron chi connectivity index (χ0n) is 8.02. The van der Waals surface area contributed by atoms with Crippen LogP contribution in [0.15, 0.2) is 30.3 Å². The Morgan fingerprint density at radius 1 is 1.29 bits per heavy atom. The predicted molar refractivity (Wildman–Crippen MR) is 60.1 cm³/mol. The van der Waals surface area contributed by atoms with Gasteiger partial charge in [-0.15, -0.1) is 11.8 Å². The highest BCUT2D eigenvalue weighted by molar-refractivity contribution is 8.00. The minimum Gasteiger partial charge on any atom is -0.291 e. The van der Waals surface area contributed by atoms with Crippen LogP contribution in [0.1, 0.15) is 11.6 Å². The van der Waals surface area contributed by atoms with E-state index in [0.29, 0.717) is 11.5 Å². The van der Waals surface area contributed by atoms with Crippen molar-refractivity contribution in [1.29, 1.82) is 0 Å². The highest BCUT2D eigenvalue weighted by atomic mass is 32.2. The summed E-state index contributed by atoms with van der Waals surface area (Å²) >= 11 is 2.03. The van der Waals surface area contributed by atoms with Crippen molar-refractivity contribution in [2.75, 3.05) is 18.8 Å². The summed E-state index contributed by atoms with van der Waals surface area (Å²) in [6.45, 7) is 2.32. The third kappa shape index (κ3) is 1.36. The Morgan fingerprint density at radius 2 is 2.14 bits per heavy atom. The molecule has 1 aromatic carbocycles. The summed E-state index contributed by atoms with van der Waals surface area (Å²) in [6.07, 6.45) is 0. The lowest BCUT2D eigenvalue weighted by atomic mass is 10.1. The lowest BCUT2D eigenvalue weighted by Gasteiger charge is -2.21. The molecule has 3 rings (SSSR count). The summed E-state index contributed by atoms with van der Waals surface area (Å²) in [5.41, 5.74) is 2.02. The van der Waals surface area contributed by atoms with Gasteiger partial charge >= 0.3 is 0 Å². The Labute approximate surface area is 88.7 Å². The van der Waals surface area contributed by atoms with Gasteiger partial charge in [-0.25, -0.2) is 0 Å². The lowest BCUT2D eigenvalue weighted by Crippen LogP contribution is -2.28. The molecule has 2 nitrogen and oxygen atoms in total. The number of thioether (sulfide) groups is 1. The zero-order valence-corrected chi connectivity index (χ0v) is 8.83. The molecule has 14 heavy (non-hydrogen) atoms. The average molecular weight is 206 g/mol. The minimum atomic E-state index is 0.570. The number of benzene rings is 1. The summed E-state index contributed by atoms with van der Waals surface area (Å²) in [5, 5.41) is 3.56. The Hall–Kier alpha value is -0.510. The topological polar surface area (TPSA) is 15.3 Å². The Bertz CT molecular complexity index is 314. The van der Waals surface area contributed by atoms with Gasteiger partial charge in [0.25, 0.3) is 0 Å². The minimum absolute atomic E-state index is 0.570. The van der Waals surface area contributed by atoms with Gasteiger partial charge in [-0.2, -0.15) is 0 Å². The van der Waals surface area contributed by atoms with Crippen LogP contribution < -0.4 is 5.32 Å². The molecule has 2 aliphatic heterocycles. The van der Waals surface area contributed by atoms with Crippen LogP contribution in [0.25, 0.3) is 0 Å². The van der Waals surface area contributed by atoms with Gasteiger partial charge in [-0.3, -0.25) is 10.2 Å². The first kappa shape index (κ1) is 8.77. The van der Waals surface area contributed by atoms with Crippen LogP contribution in [0.4, 0.5) is 0 Å². The molecule has 2 atom stereocenters. The Kier molecular flexibility index (Phi) is 2.24. The monoisotopic (exact) mass is 206 g/mol. The van der Waals surface area contributed by atoms with Crippen molar-refractivity contribution in [3.8, 4) is 0 Å². The highest BCUT2D eigenvalue weighted by Gasteiger charge is 2.37. The third-order valence-electron chi connectivity index (χ3n) is 3.00. The van der Waals surface area contributed by atoms with Crippen LogP contribution in [0.5, 0.6) is 0 Å². The summed E-state index contributed by atoms with van der Waals surface area (Å²) in [4.78, 5) is 2.57. The first-order chi connectivity index (χ1) is 6.95. The van der Waals surface area contributed by atoms with Crippen molar-refractivity contribution in [3.05, 3.63) is 35.9 Å². The van der Waals surface area contributed by atoms with Gasteiger partial charge in [-0.1, -0.05) is 30.3 Å². The van der Waals surface area contributed by atoms with Crippen LogP contribution >= 0.6 is 11.8 Å². The van der Waals surface area contributed by atoms with E-state index in [4.69, 9.17) is 0 Å². The molecule has 2 saturated heterocycles. The van der Waals surface area contributed by atoms with Gasteiger partial charge in [0, 0.05) is 24.9 Å². The zero-order chi connectivity index (χ0) is 9.38. The molecule has 74 valence electrons. The molecule has 0 radical (unpaired) electrons. The van der Waals surface area contributed by atoms with Crippen LogP contribution in [0.2, 0.25) is 0 Å². The maximum atomic E-state index is 3.56. The Balaban J connectivity index is 1.86. The quantitative estimate of drug-likeness (QED) is 0.752. The Morgan fingerprint density at radius 3 is 3.00 bits per heavy atom. The van der Waals surface area contributed by atoms with Crippen molar-refractivity contribution >= 4 is 11.8 Å². The van der Waals surface area contributed by atoms with Crippen molar-refractivity contribution in [3.63, 3.8) is 0 Å². The standard InChI is InChI=1S/C11H14N2S/c1-2-4-9(5-3-1)10-8-12-11-13(10)6-7-14-11/h1-5,10-12H,6-8H2. The molecule has 0 spiro atoms. The van der Waals surface area contributed by atoms with Crippen LogP contribution in [-0.2, 0) is 0 Å². The van der Waals surface area contributed by atoms with Crippen molar-refractivity contribution < 1.29 is 0 Å². The molecule has 2 fully saturated rings. The van der Waals surface area contributed by atoms with E-state index in [1.165, 1.54) is 17.9 Å². The average Bonchev–Trinajstić information content (AvgIpc) is 2.79. The number of hydrogen-bond donors (Lipinski definition) is 1. The molecule has 1 aromatic rings. The van der Waals surface area contributed by atoms with Crippen LogP contribution in [0.3, 0.4) is 0 Å². The SMILES string of the molecule is c1ccc(C2CNC3SCCN32)cc1. The summed E-state index contributed by atoms with van der Waals surface area (Å²) in [5.74, 6) is 1.26. The van der Waals surface area contributed by atoms with Crippen LogP contribution in [0, 0.1) is 0 Å². The molecular formula is C11H14N2S. The maximum Gasteiger partial charge on any atom is 0.109 e. The van der Waals surface area contributed by atoms with E-state index in [1.807, 2.05) is 11.8 Å². The molecule has 0 bridgehead atoms. The lowest BCUT2D eigenvalue weighted by molar-refractivity contribution is 0.272. The first-order valence-corrected chi connectivity index (χ1v) is 6.16. The molecule has 0 amide bonds. The predicted octanol–water partition coefficient (Wildman–Crippen LogP) is 1.66. The third-order valence-corrected chi connectivity index (χ3v) is 4.17. The number of nitrogens with zero attached hydrogens (tertiary/aromatic N) is 1. The van der Waals surface area contributed by atoms with E-state index < -0.39 is 0 Å². The van der Waals surface area contributed by atoms with E-state index >= 15 is 0 Å². The second kappa shape index (κ2) is 3.57. The number of fused-ring (bicyclic) bond motifs is 1. The van der Waals surface area contributed by atoms with Crippen LogP contribution in [-0.4, -0.2) is 29.2 Å². The number of nitrogens with one attached hydrogen (secondary N) is 1. The molecular weight excluding hydrogens is 192 g/mol. The van der Waals surface area contributed by atoms with E-state index in [2.05, 4.69) is 40.5 Å². The van der Waals surface area contributed by atoms with Gasteiger partial charge in [0.1, 0.15) is 5.50 Å². The first-order valence-electron chi connectivity index (χ1n) is 5.11. The molecule has 0 aliphatic carbocycles. The van der Waals surface area contributed by atoms with Crippen molar-refractivity contribution in [2.24, 2.45) is 0 Å². The summed E-state index contributed by atoms with van der Waals surface area (Å²) in [7, 11) is 0. The highest BCUT2D eigenvalue weighted by Crippen LogP contribution is 2.35. The summed E-state index contributed by atoms with van der Waals surface area (Å²) in [6, 6.07) is 11.4. The largest absolute Gasteiger partial charge is 0.291 e. The molecule has 3 heteroatoms. The smallest absolute Gasteiger partial charge is 0.109 e. The van der Waals surface area contributed by atoms with Gasteiger partial charge in [0.2, 0.25) is 0 Å². The second-order valence-electron chi connectivity index (χ2n) is 3.80. The molecule has 0 saturated carbocycles. The van der Waals surface area contributed by atoms with Crippen molar-refractivity contribution in [1.82, 2.24) is 10.2 Å². The molecule has 2 heterocycles. The van der Waals surface area contributed by atoms with E-state index in [1.54, 1.807) is 0 Å². The van der Waals surface area contributed by atoms with Gasteiger partial charge in [0.15, 0.2) is 0 Å². The molecule has 2 aliphatic rings. The molecule has 2 unspecified atom stereocenters. The fraction of sp³-hybridized carbons (Fsp3) is 0.455. The maximum absolute atomic E-state index is 3.56. The molecule has 1 N–H and O–H groups in total. The van der Waals surface area contributed by atoms with Gasteiger partial charge < -0.3 is 0 Å². The van der Waals surface area contributed by atoms with E-state index in [-0.39, 0.29) is 0 Å². The van der Waals surface area contributed by atoms with Crippen molar-refractivity contribution in [2.45, 2.75) is 11.5 Å². The normalized spacial score (nSPS) is 32.0. The van der Waals surface area contributed by atoms with E-state index in [0.717, 1.165) is 6.54 Å². The van der Waals surface area contributed by atoms with Gasteiger partial charge in [0.05, 0.1) is 0 Å². The summed E-state index contributed by atoms with van der Waals surface area (Å²) < 4.78 is 0. The second-order valence-corrected chi connectivity index (χ2v) is 4.98. The fourth-order valence-corrected chi connectivity index (χ4v) is 3.49. The molecule has 0 aromatic heterocycles. The van der Waals surface area contributed by atoms with Gasteiger partial charge in [-0.05, 0) is 5.56 Å². The number of hydrogen-bond acceptors (Lipinski definition) is 3. The fourth-order valence-electron chi connectivity index (χ4n) is 2.29.